The van der Waals surface area contributed by atoms with Gasteiger partial charge in [-0.1, -0.05) is 6.92 Å². The number of anilines is 1. The molecule has 0 spiro atoms. The first-order valence-electron chi connectivity index (χ1n) is 5.86. The van der Waals surface area contributed by atoms with Gasteiger partial charge in [-0.15, -0.1) is 0 Å². The molecule has 18 heavy (non-hydrogen) atoms. The van der Waals surface area contributed by atoms with Gasteiger partial charge in [0, 0.05) is 23.6 Å². The van der Waals surface area contributed by atoms with Gasteiger partial charge in [-0.25, -0.2) is 0 Å². The summed E-state index contributed by atoms with van der Waals surface area (Å²) in [5, 5.41) is 0. The molecule has 0 aliphatic carbocycles. The van der Waals surface area contributed by atoms with E-state index in [0.29, 0.717) is 11.4 Å². The van der Waals surface area contributed by atoms with Gasteiger partial charge in [0.05, 0.1) is 0 Å². The highest BCUT2D eigenvalue weighted by molar-refractivity contribution is 7.90. The summed E-state index contributed by atoms with van der Waals surface area (Å²) in [5.41, 5.74) is 8.56. The molecule has 0 radical (unpaired) electrons. The van der Waals surface area contributed by atoms with Crippen LogP contribution in [0.15, 0.2) is 47.6 Å². The van der Waals surface area contributed by atoms with E-state index < -0.39 is 11.2 Å². The van der Waals surface area contributed by atoms with Crippen molar-refractivity contribution in [3.8, 4) is 0 Å². The van der Waals surface area contributed by atoms with Crippen LogP contribution in [0.5, 0.6) is 0 Å². The molecular weight excluding hydrogens is 244 g/mol. The van der Waals surface area contributed by atoms with E-state index in [9.17, 15) is 4.55 Å². The second-order valence-corrected chi connectivity index (χ2v) is 5.51. The third-order valence-electron chi connectivity index (χ3n) is 2.82. The smallest absolute Gasteiger partial charge is 0.153 e. The minimum Gasteiger partial charge on any atom is -0.611 e. The Hall–Kier alpha value is -1.52. The van der Waals surface area contributed by atoms with E-state index in [1.54, 1.807) is 24.5 Å². The largest absolute Gasteiger partial charge is 0.611 e. The molecule has 1 atom stereocenters. The van der Waals surface area contributed by atoms with E-state index in [1.807, 2.05) is 18.2 Å². The minimum absolute atomic E-state index is 0.501. The molecule has 2 rings (SSSR count). The van der Waals surface area contributed by atoms with Gasteiger partial charge in [0.15, 0.2) is 4.90 Å². The lowest BCUT2D eigenvalue weighted by Crippen LogP contribution is -2.07. The Balaban J connectivity index is 2.15. The van der Waals surface area contributed by atoms with Crippen LogP contribution in [0.1, 0.15) is 18.1 Å². The topological polar surface area (TPSA) is 62.0 Å². The van der Waals surface area contributed by atoms with Crippen LogP contribution in [-0.4, -0.2) is 9.54 Å². The number of aromatic nitrogens is 1. The van der Waals surface area contributed by atoms with Crippen molar-refractivity contribution < 1.29 is 4.55 Å². The monoisotopic (exact) mass is 260 g/mol. The lowest BCUT2D eigenvalue weighted by molar-refractivity contribution is 0.594. The third-order valence-corrected chi connectivity index (χ3v) is 4.19. The van der Waals surface area contributed by atoms with Crippen LogP contribution in [-0.2, 0) is 23.3 Å². The maximum Gasteiger partial charge on any atom is 0.153 e. The molecule has 1 aromatic heterocycles. The summed E-state index contributed by atoms with van der Waals surface area (Å²) in [7, 11) is 0. The predicted molar refractivity (Wildman–Crippen MR) is 74.6 cm³/mol. The molecule has 1 aromatic carbocycles. The van der Waals surface area contributed by atoms with Crippen molar-refractivity contribution in [1.29, 1.82) is 0 Å². The van der Waals surface area contributed by atoms with Crippen molar-refractivity contribution in [2.24, 2.45) is 0 Å². The standard InChI is InChI=1S/C14H16N2OS/c1-2-11-7-8-16-9-12(11)10-18(17)14-5-3-13(15)4-6-14/h3-9H,2,10,15H2,1H3. The van der Waals surface area contributed by atoms with Gasteiger partial charge in [0.1, 0.15) is 5.75 Å². The molecule has 4 heteroatoms. The van der Waals surface area contributed by atoms with E-state index in [-0.39, 0.29) is 0 Å². The number of nitrogens with two attached hydrogens (primary N) is 1. The quantitative estimate of drug-likeness (QED) is 0.678. The van der Waals surface area contributed by atoms with Crippen molar-refractivity contribution in [1.82, 2.24) is 4.98 Å². The highest BCUT2D eigenvalue weighted by Crippen LogP contribution is 2.19. The maximum absolute atomic E-state index is 12.2. The summed E-state index contributed by atoms with van der Waals surface area (Å²) in [6.45, 7) is 2.09. The molecule has 0 aliphatic rings. The van der Waals surface area contributed by atoms with Crippen molar-refractivity contribution >= 4 is 16.9 Å². The molecule has 94 valence electrons. The van der Waals surface area contributed by atoms with Crippen LogP contribution in [0.25, 0.3) is 0 Å². The maximum atomic E-state index is 12.2. The molecule has 0 fully saturated rings. The average molecular weight is 260 g/mol. The molecule has 0 amide bonds. The van der Waals surface area contributed by atoms with E-state index in [4.69, 9.17) is 5.73 Å². The van der Waals surface area contributed by atoms with Gasteiger partial charge >= 0.3 is 0 Å². The average Bonchev–Trinajstić information content (AvgIpc) is 2.40. The molecule has 1 unspecified atom stereocenters. The Morgan fingerprint density at radius 2 is 1.89 bits per heavy atom. The lowest BCUT2D eigenvalue weighted by atomic mass is 10.1. The minimum atomic E-state index is -1.05. The molecule has 0 bridgehead atoms. The van der Waals surface area contributed by atoms with Gasteiger partial charge in [-0.3, -0.25) is 4.98 Å². The van der Waals surface area contributed by atoms with Gasteiger partial charge in [-0.05, 0) is 53.5 Å². The third kappa shape index (κ3) is 3.03. The molecule has 3 nitrogen and oxygen atoms in total. The summed E-state index contributed by atoms with van der Waals surface area (Å²) in [6.07, 6.45) is 4.50. The molecule has 0 saturated carbocycles. The number of hydrogen-bond acceptors (Lipinski definition) is 3. The molecule has 0 saturated heterocycles. The number of aryl methyl sites for hydroxylation is 1. The van der Waals surface area contributed by atoms with Gasteiger partial charge < -0.3 is 10.3 Å². The number of rotatable bonds is 4. The summed E-state index contributed by atoms with van der Waals surface area (Å²) in [5.74, 6) is 0.501. The fraction of sp³-hybridized carbons (Fsp3) is 0.214. The van der Waals surface area contributed by atoms with E-state index >= 15 is 0 Å². The highest BCUT2D eigenvalue weighted by atomic mass is 32.2. The van der Waals surface area contributed by atoms with Crippen molar-refractivity contribution in [3.63, 3.8) is 0 Å². The second-order valence-electron chi connectivity index (χ2n) is 4.06. The summed E-state index contributed by atoms with van der Waals surface area (Å²) >= 11 is -1.05. The fourth-order valence-electron chi connectivity index (χ4n) is 1.78. The van der Waals surface area contributed by atoms with Crippen LogP contribution < -0.4 is 5.73 Å². The van der Waals surface area contributed by atoms with Crippen LogP contribution in [0.4, 0.5) is 5.69 Å². The molecule has 1 heterocycles. The Morgan fingerprint density at radius 1 is 1.17 bits per heavy atom. The van der Waals surface area contributed by atoms with Crippen molar-refractivity contribution in [2.45, 2.75) is 24.0 Å². The number of nitrogens with zero attached hydrogens (tertiary/aromatic N) is 1. The van der Waals surface area contributed by atoms with Gasteiger partial charge in [0.25, 0.3) is 0 Å². The molecule has 2 aromatic rings. The predicted octanol–water partition coefficient (Wildman–Crippen LogP) is 2.53. The molecular formula is C14H16N2OS. The van der Waals surface area contributed by atoms with Crippen molar-refractivity contribution in [2.75, 3.05) is 5.73 Å². The Labute approximate surface area is 110 Å². The zero-order valence-electron chi connectivity index (χ0n) is 10.3. The van der Waals surface area contributed by atoms with Crippen LogP contribution in [0.2, 0.25) is 0 Å². The number of pyridine rings is 1. The summed E-state index contributed by atoms with van der Waals surface area (Å²) in [6, 6.07) is 9.16. The number of hydrogen-bond donors (Lipinski definition) is 1. The Morgan fingerprint density at radius 3 is 2.56 bits per heavy atom. The molecule has 2 N–H and O–H groups in total. The van der Waals surface area contributed by atoms with E-state index in [0.717, 1.165) is 16.9 Å². The summed E-state index contributed by atoms with van der Waals surface area (Å²) < 4.78 is 12.2. The van der Waals surface area contributed by atoms with Gasteiger partial charge in [-0.2, -0.15) is 0 Å². The normalized spacial score (nSPS) is 12.3. The van der Waals surface area contributed by atoms with E-state index in [2.05, 4.69) is 11.9 Å². The zero-order valence-corrected chi connectivity index (χ0v) is 11.1. The summed E-state index contributed by atoms with van der Waals surface area (Å²) in [4.78, 5) is 4.90. The van der Waals surface area contributed by atoms with E-state index in [1.165, 1.54) is 5.56 Å². The highest BCUT2D eigenvalue weighted by Gasteiger charge is 2.13. The lowest BCUT2D eigenvalue weighted by Gasteiger charge is -2.12. The van der Waals surface area contributed by atoms with Crippen molar-refractivity contribution in [3.05, 3.63) is 53.9 Å². The number of nitrogen functional groups attached to an aromatic ring is 1. The Bertz CT molecular complexity index is 513. The van der Waals surface area contributed by atoms with Crippen LogP contribution in [0, 0.1) is 0 Å². The van der Waals surface area contributed by atoms with Crippen LogP contribution in [0.3, 0.4) is 0 Å². The SMILES string of the molecule is CCc1ccncc1C[S+]([O-])c1ccc(N)cc1. The first-order chi connectivity index (χ1) is 8.70. The zero-order chi connectivity index (χ0) is 13.0. The first kappa shape index (κ1) is 12.9. The van der Waals surface area contributed by atoms with Gasteiger partial charge in [0.2, 0.25) is 0 Å². The first-order valence-corrected chi connectivity index (χ1v) is 7.18. The fourth-order valence-corrected chi connectivity index (χ4v) is 2.92. The Kier molecular flexibility index (Phi) is 4.23. The van der Waals surface area contributed by atoms with Crippen LogP contribution >= 0.6 is 0 Å². The number of benzene rings is 1. The second kappa shape index (κ2) is 5.89. The molecule has 0 aliphatic heterocycles.